The number of aromatic carboxylic acids is 1. The first-order valence-corrected chi connectivity index (χ1v) is 16.2. The largest absolute Gasteiger partial charge is 0.475 e. The molecule has 2 heterocycles. The van der Waals surface area contributed by atoms with Crippen molar-refractivity contribution >= 4 is 38.3 Å². The molecule has 5 aromatic rings. The molecule has 6 rings (SSSR count). The summed E-state index contributed by atoms with van der Waals surface area (Å²) in [6.45, 7) is 6.49. The molecule has 0 unspecified atom stereocenters. The van der Waals surface area contributed by atoms with E-state index >= 15 is 0 Å². The highest BCUT2D eigenvalue weighted by atomic mass is 32.2. The lowest BCUT2D eigenvalue weighted by Gasteiger charge is -2.36. The van der Waals surface area contributed by atoms with E-state index in [1.807, 2.05) is 60.7 Å². The predicted octanol–water partition coefficient (Wildman–Crippen LogP) is 6.20. The van der Waals surface area contributed by atoms with Crippen LogP contribution in [0.2, 0.25) is 0 Å². The molecule has 1 N–H and O–H groups in total. The monoisotopic (exact) mass is 609 g/mol. The summed E-state index contributed by atoms with van der Waals surface area (Å²) in [5, 5.41) is 9.94. The fourth-order valence-electron chi connectivity index (χ4n) is 5.79. The van der Waals surface area contributed by atoms with Gasteiger partial charge in [0.2, 0.25) is 5.76 Å². The van der Waals surface area contributed by atoms with Gasteiger partial charge in [0.15, 0.2) is 0 Å². The Hall–Kier alpha value is -4.60. The first-order valence-electron chi connectivity index (χ1n) is 14.7. The van der Waals surface area contributed by atoms with Crippen LogP contribution in [0.25, 0.3) is 11.0 Å². The minimum absolute atomic E-state index is 0.0810. The Morgan fingerprint density at radius 3 is 2.11 bits per heavy atom. The summed E-state index contributed by atoms with van der Waals surface area (Å²) in [7, 11) is -3.99. The topological polar surface area (TPSA) is 94.3 Å². The second-order valence-corrected chi connectivity index (χ2v) is 13.0. The predicted molar refractivity (Wildman–Crippen MR) is 173 cm³/mol. The number of aryl methyl sites for hydroxylation is 1. The number of anilines is 2. The van der Waals surface area contributed by atoms with Gasteiger partial charge in [-0.05, 0) is 66.9 Å². The van der Waals surface area contributed by atoms with Crippen LogP contribution < -0.4 is 9.21 Å². The molecule has 1 saturated heterocycles. The minimum atomic E-state index is -3.99. The number of furan rings is 1. The zero-order valence-corrected chi connectivity index (χ0v) is 25.4. The molecule has 226 valence electrons. The molecule has 0 spiro atoms. The summed E-state index contributed by atoms with van der Waals surface area (Å²) in [5.41, 5.74) is 4.71. The summed E-state index contributed by atoms with van der Waals surface area (Å²) in [6.07, 6.45) is 0.529. The fourth-order valence-corrected chi connectivity index (χ4v) is 7.28. The Labute approximate surface area is 257 Å². The maximum Gasteiger partial charge on any atom is 0.372 e. The van der Waals surface area contributed by atoms with Crippen LogP contribution in [0.5, 0.6) is 0 Å². The first kappa shape index (κ1) is 29.5. The van der Waals surface area contributed by atoms with E-state index in [2.05, 4.69) is 34.1 Å². The second kappa shape index (κ2) is 12.6. The molecule has 0 bridgehead atoms. The number of hydrogen-bond acceptors (Lipinski definition) is 6. The van der Waals surface area contributed by atoms with Crippen molar-refractivity contribution in [3.05, 3.63) is 126 Å². The zero-order valence-electron chi connectivity index (χ0n) is 24.6. The number of piperazine rings is 1. The lowest BCUT2D eigenvalue weighted by atomic mass is 10.1. The van der Waals surface area contributed by atoms with Crippen LogP contribution >= 0.6 is 0 Å². The smallest absolute Gasteiger partial charge is 0.372 e. The lowest BCUT2D eigenvalue weighted by molar-refractivity contribution is 0.0664. The second-order valence-electron chi connectivity index (χ2n) is 11.1. The molecule has 0 aliphatic carbocycles. The van der Waals surface area contributed by atoms with Gasteiger partial charge in [0.25, 0.3) is 10.0 Å². The molecule has 9 heteroatoms. The highest BCUT2D eigenvalue weighted by molar-refractivity contribution is 7.92. The van der Waals surface area contributed by atoms with Crippen LogP contribution in [0.3, 0.4) is 0 Å². The van der Waals surface area contributed by atoms with Crippen molar-refractivity contribution in [1.82, 2.24) is 4.90 Å². The quantitative estimate of drug-likeness (QED) is 0.202. The average Bonchev–Trinajstić information content (AvgIpc) is 3.39. The number of carbonyl (C=O) groups is 1. The van der Waals surface area contributed by atoms with Gasteiger partial charge >= 0.3 is 5.97 Å². The van der Waals surface area contributed by atoms with Gasteiger partial charge in [-0.25, -0.2) is 13.2 Å². The Bertz CT molecular complexity index is 1850. The molecular formula is C35H35N3O5S. The third-order valence-corrected chi connectivity index (χ3v) is 10.1. The number of nitrogens with zero attached hydrogens (tertiary/aromatic N) is 3. The van der Waals surface area contributed by atoms with Gasteiger partial charge in [0, 0.05) is 55.9 Å². The Morgan fingerprint density at radius 2 is 1.48 bits per heavy atom. The van der Waals surface area contributed by atoms with Crippen molar-refractivity contribution in [2.75, 3.05) is 41.9 Å². The van der Waals surface area contributed by atoms with Crippen molar-refractivity contribution < 1.29 is 22.7 Å². The van der Waals surface area contributed by atoms with Crippen molar-refractivity contribution in [2.24, 2.45) is 0 Å². The first-order chi connectivity index (χ1) is 21.3. The van der Waals surface area contributed by atoms with Gasteiger partial charge in [0.05, 0.1) is 10.6 Å². The number of rotatable bonds is 10. The third kappa shape index (κ3) is 6.20. The van der Waals surface area contributed by atoms with Crippen molar-refractivity contribution in [2.45, 2.75) is 24.8 Å². The molecule has 0 atom stereocenters. The summed E-state index contributed by atoms with van der Waals surface area (Å²) >= 11 is 0. The van der Waals surface area contributed by atoms with E-state index in [0.717, 1.165) is 44.0 Å². The van der Waals surface area contributed by atoms with E-state index in [0.29, 0.717) is 28.6 Å². The molecule has 0 saturated carbocycles. The highest BCUT2D eigenvalue weighted by Gasteiger charge is 2.27. The molecular weight excluding hydrogens is 574 g/mol. The summed E-state index contributed by atoms with van der Waals surface area (Å²) in [4.78, 5) is 16.5. The molecule has 1 fully saturated rings. The number of carboxylic acids is 1. The molecule has 1 aliphatic heterocycles. The number of carboxylic acid groups (broad SMARTS) is 1. The van der Waals surface area contributed by atoms with Crippen molar-refractivity contribution in [3.63, 3.8) is 0 Å². The standard InChI is InChI=1S/C35H35N3O5S/c1-26-32-24-31(16-17-33(32)43-34(26)35(39)40)44(41,42)38(19-18-27-8-4-2-5-9-27)30-14-12-29(13-15-30)37-22-20-36(21-23-37)25-28-10-6-3-7-11-28/h2-17,24H,18-23,25H2,1H3,(H,39,40). The van der Waals surface area contributed by atoms with E-state index in [1.54, 1.807) is 6.92 Å². The van der Waals surface area contributed by atoms with Crippen LogP contribution in [0.4, 0.5) is 11.4 Å². The fraction of sp³-hybridized carbons (Fsp3) is 0.229. The third-order valence-electron chi connectivity index (χ3n) is 8.26. The Morgan fingerprint density at radius 1 is 0.841 bits per heavy atom. The van der Waals surface area contributed by atoms with Gasteiger partial charge < -0.3 is 14.4 Å². The Balaban J connectivity index is 1.24. The molecule has 0 amide bonds. The molecule has 1 aliphatic rings. The van der Waals surface area contributed by atoms with Crippen molar-refractivity contribution in [1.29, 1.82) is 0 Å². The van der Waals surface area contributed by atoms with E-state index in [-0.39, 0.29) is 17.2 Å². The highest BCUT2D eigenvalue weighted by Crippen LogP contribution is 2.32. The van der Waals surface area contributed by atoms with Crippen LogP contribution in [0, 0.1) is 6.92 Å². The van der Waals surface area contributed by atoms with Crippen LogP contribution in [-0.2, 0) is 23.0 Å². The van der Waals surface area contributed by atoms with E-state index in [9.17, 15) is 18.3 Å². The van der Waals surface area contributed by atoms with Crippen LogP contribution in [-0.4, -0.2) is 57.1 Å². The molecule has 8 nitrogen and oxygen atoms in total. The minimum Gasteiger partial charge on any atom is -0.475 e. The molecule has 4 aromatic carbocycles. The van der Waals surface area contributed by atoms with Gasteiger partial charge in [-0.1, -0.05) is 60.7 Å². The van der Waals surface area contributed by atoms with Gasteiger partial charge in [-0.15, -0.1) is 0 Å². The molecule has 1 aromatic heterocycles. The zero-order chi connectivity index (χ0) is 30.7. The summed E-state index contributed by atoms with van der Waals surface area (Å²) in [5.74, 6) is -1.38. The lowest BCUT2D eigenvalue weighted by Crippen LogP contribution is -2.46. The average molecular weight is 610 g/mol. The molecule has 44 heavy (non-hydrogen) atoms. The van der Waals surface area contributed by atoms with Gasteiger partial charge in [0.1, 0.15) is 5.58 Å². The maximum absolute atomic E-state index is 14.2. The molecule has 0 radical (unpaired) electrons. The van der Waals surface area contributed by atoms with Gasteiger partial charge in [-0.3, -0.25) is 9.21 Å². The van der Waals surface area contributed by atoms with Crippen molar-refractivity contribution in [3.8, 4) is 0 Å². The number of fused-ring (bicyclic) bond motifs is 1. The van der Waals surface area contributed by atoms with Crippen LogP contribution in [0.15, 0.2) is 112 Å². The number of hydrogen-bond donors (Lipinski definition) is 1. The maximum atomic E-state index is 14.2. The number of sulfonamides is 1. The van der Waals surface area contributed by atoms with E-state index < -0.39 is 16.0 Å². The number of benzene rings is 4. The van der Waals surface area contributed by atoms with E-state index in [1.165, 1.54) is 28.1 Å². The summed E-state index contributed by atoms with van der Waals surface area (Å²) < 4.78 is 35.3. The Kier molecular flexibility index (Phi) is 8.41. The van der Waals surface area contributed by atoms with Crippen LogP contribution in [0.1, 0.15) is 27.2 Å². The van der Waals surface area contributed by atoms with Gasteiger partial charge in [-0.2, -0.15) is 0 Å². The van der Waals surface area contributed by atoms with E-state index in [4.69, 9.17) is 4.42 Å². The summed E-state index contributed by atoms with van der Waals surface area (Å²) in [6, 6.07) is 32.5. The SMILES string of the molecule is Cc1c(C(=O)O)oc2ccc(S(=O)(=O)N(CCc3ccccc3)c3ccc(N4CCN(Cc5ccccc5)CC4)cc3)cc12. The normalized spacial score (nSPS) is 14.2.